The molecule has 1 saturated heterocycles. The number of carboxylic acid groups (broad SMARTS) is 1. The fourth-order valence-electron chi connectivity index (χ4n) is 2.41. The molecule has 21 heavy (non-hydrogen) atoms. The molecule has 0 bridgehead atoms. The smallest absolute Gasteiger partial charge is 0.406 e. The van der Waals surface area contributed by atoms with Gasteiger partial charge in [0.15, 0.2) is 5.41 Å². The highest BCUT2D eigenvalue weighted by atomic mass is 19.4. The summed E-state index contributed by atoms with van der Waals surface area (Å²) in [5, 5.41) is 12.8. The van der Waals surface area contributed by atoms with E-state index in [0.717, 1.165) is 4.90 Å². The molecule has 116 valence electrons. The lowest BCUT2D eigenvalue weighted by molar-refractivity contribution is -0.227. The van der Waals surface area contributed by atoms with Gasteiger partial charge in [0.1, 0.15) is 6.04 Å². The second-order valence-corrected chi connectivity index (χ2v) is 5.06. The van der Waals surface area contributed by atoms with Crippen LogP contribution in [0.3, 0.4) is 0 Å². The first-order chi connectivity index (χ1) is 9.69. The molecular formula is C12H14F3N3O3. The molecule has 1 aromatic heterocycles. The maximum absolute atomic E-state index is 13.0. The van der Waals surface area contributed by atoms with Crippen molar-refractivity contribution >= 4 is 11.9 Å². The molecule has 2 heterocycles. The summed E-state index contributed by atoms with van der Waals surface area (Å²) in [5.41, 5.74) is -2.88. The summed E-state index contributed by atoms with van der Waals surface area (Å²) in [4.78, 5) is 24.2. The van der Waals surface area contributed by atoms with Gasteiger partial charge in [0.25, 0.3) is 0 Å². The summed E-state index contributed by atoms with van der Waals surface area (Å²) in [7, 11) is 0. The van der Waals surface area contributed by atoms with Crippen molar-refractivity contribution in [1.82, 2.24) is 14.7 Å². The van der Waals surface area contributed by atoms with Crippen LogP contribution < -0.4 is 0 Å². The number of alkyl halides is 3. The van der Waals surface area contributed by atoms with Crippen LogP contribution in [0.4, 0.5) is 13.2 Å². The highest BCUT2D eigenvalue weighted by molar-refractivity contribution is 5.83. The van der Waals surface area contributed by atoms with Gasteiger partial charge in [0.05, 0.1) is 0 Å². The molecule has 0 aromatic carbocycles. The average Bonchev–Trinajstić information content (AvgIpc) is 3.05. The van der Waals surface area contributed by atoms with Crippen molar-refractivity contribution in [3.63, 3.8) is 0 Å². The molecule has 9 heteroatoms. The summed E-state index contributed by atoms with van der Waals surface area (Å²) >= 11 is 0. The Morgan fingerprint density at radius 2 is 2.10 bits per heavy atom. The van der Waals surface area contributed by atoms with E-state index in [1.54, 1.807) is 6.07 Å². The largest absolute Gasteiger partial charge is 0.481 e. The van der Waals surface area contributed by atoms with Gasteiger partial charge in [0.2, 0.25) is 5.91 Å². The minimum Gasteiger partial charge on any atom is -0.481 e. The third kappa shape index (κ3) is 2.47. The zero-order chi connectivity index (χ0) is 15.8. The van der Waals surface area contributed by atoms with Crippen LogP contribution in [-0.2, 0) is 9.59 Å². The Morgan fingerprint density at radius 3 is 2.52 bits per heavy atom. The second kappa shape index (κ2) is 5.05. The van der Waals surface area contributed by atoms with E-state index in [9.17, 15) is 22.8 Å². The van der Waals surface area contributed by atoms with E-state index < -0.39 is 42.5 Å². The minimum absolute atomic E-state index is 0.240. The van der Waals surface area contributed by atoms with Crippen molar-refractivity contribution in [2.75, 3.05) is 13.1 Å². The van der Waals surface area contributed by atoms with Gasteiger partial charge < -0.3 is 10.0 Å². The Kier molecular flexibility index (Phi) is 3.68. The van der Waals surface area contributed by atoms with Crippen molar-refractivity contribution in [1.29, 1.82) is 0 Å². The first-order valence-corrected chi connectivity index (χ1v) is 6.27. The van der Waals surface area contributed by atoms with Crippen LogP contribution >= 0.6 is 0 Å². The topological polar surface area (TPSA) is 75.4 Å². The fraction of sp³-hybridized carbons (Fsp3) is 0.583. The molecule has 0 radical (unpaired) electrons. The molecular weight excluding hydrogens is 291 g/mol. The van der Waals surface area contributed by atoms with Gasteiger partial charge in [0, 0.05) is 25.5 Å². The number of carboxylic acids is 1. The quantitative estimate of drug-likeness (QED) is 0.913. The lowest BCUT2D eigenvalue weighted by atomic mass is 9.86. The van der Waals surface area contributed by atoms with Crippen molar-refractivity contribution < 1.29 is 27.9 Å². The van der Waals surface area contributed by atoms with Gasteiger partial charge in [-0.2, -0.15) is 18.3 Å². The normalized spacial score (nSPS) is 24.1. The van der Waals surface area contributed by atoms with Crippen molar-refractivity contribution in [3.8, 4) is 0 Å². The first-order valence-electron chi connectivity index (χ1n) is 6.27. The third-order valence-electron chi connectivity index (χ3n) is 3.81. The van der Waals surface area contributed by atoms with Gasteiger partial charge in [-0.05, 0) is 19.4 Å². The molecule has 0 unspecified atom stereocenters. The Morgan fingerprint density at radius 1 is 1.43 bits per heavy atom. The molecule has 6 nitrogen and oxygen atoms in total. The first kappa shape index (κ1) is 15.3. The molecule has 1 aliphatic rings. The van der Waals surface area contributed by atoms with Crippen molar-refractivity contribution in [3.05, 3.63) is 18.5 Å². The molecule has 1 aromatic rings. The molecule has 1 fully saturated rings. The number of amides is 1. The van der Waals surface area contributed by atoms with Gasteiger partial charge in [-0.1, -0.05) is 0 Å². The zero-order valence-corrected chi connectivity index (χ0v) is 11.2. The molecule has 2 rings (SSSR count). The highest BCUT2D eigenvalue weighted by Crippen LogP contribution is 2.46. The number of aromatic nitrogens is 2. The molecule has 0 aliphatic carbocycles. The van der Waals surface area contributed by atoms with Crippen LogP contribution in [0, 0.1) is 5.41 Å². The standard InChI is InChI=1S/C12H14F3N3O3/c1-8(18-5-2-4-16-18)9(19)17-6-3-11(7-17,10(20)21)12(13,14)15/h2,4-5,8H,3,6-7H2,1H3,(H,20,21)/t8-,11+/m1/s1. The summed E-state index contributed by atoms with van der Waals surface area (Å²) in [5.74, 6) is -2.52. The number of hydrogen-bond acceptors (Lipinski definition) is 3. The van der Waals surface area contributed by atoms with Crippen LogP contribution in [0.5, 0.6) is 0 Å². The number of likely N-dealkylation sites (tertiary alicyclic amines) is 1. The van der Waals surface area contributed by atoms with E-state index in [0.29, 0.717) is 0 Å². The van der Waals surface area contributed by atoms with E-state index in [1.165, 1.54) is 24.0 Å². The van der Waals surface area contributed by atoms with E-state index in [2.05, 4.69) is 5.10 Å². The number of hydrogen-bond donors (Lipinski definition) is 1. The number of nitrogens with zero attached hydrogens (tertiary/aromatic N) is 3. The van der Waals surface area contributed by atoms with Gasteiger partial charge >= 0.3 is 12.1 Å². The molecule has 0 saturated carbocycles. The number of aliphatic carboxylic acids is 1. The molecule has 2 atom stereocenters. The van der Waals surface area contributed by atoms with Crippen LogP contribution in [0.2, 0.25) is 0 Å². The predicted molar refractivity (Wildman–Crippen MR) is 64.3 cm³/mol. The molecule has 0 spiro atoms. The maximum atomic E-state index is 13.0. The number of rotatable bonds is 3. The van der Waals surface area contributed by atoms with E-state index in [1.807, 2.05) is 0 Å². The van der Waals surface area contributed by atoms with Crippen LogP contribution in [0.1, 0.15) is 19.4 Å². The van der Waals surface area contributed by atoms with E-state index >= 15 is 0 Å². The number of carbonyl (C=O) groups excluding carboxylic acids is 1. The Bertz CT molecular complexity index is 544. The predicted octanol–water partition coefficient (Wildman–Crippen LogP) is 1.31. The SMILES string of the molecule is C[C@H](C(=O)N1CC[C@](C(=O)O)(C(F)(F)F)C1)n1cccn1. The van der Waals surface area contributed by atoms with Crippen LogP contribution in [0.15, 0.2) is 18.5 Å². The summed E-state index contributed by atoms with van der Waals surface area (Å²) < 4.78 is 40.4. The monoisotopic (exact) mass is 305 g/mol. The number of carbonyl (C=O) groups is 2. The van der Waals surface area contributed by atoms with Gasteiger partial charge in [-0.3, -0.25) is 14.3 Å². The van der Waals surface area contributed by atoms with Crippen LogP contribution in [0.25, 0.3) is 0 Å². The maximum Gasteiger partial charge on any atom is 0.406 e. The van der Waals surface area contributed by atoms with Gasteiger partial charge in [-0.15, -0.1) is 0 Å². The number of halogens is 3. The zero-order valence-electron chi connectivity index (χ0n) is 11.2. The summed E-state index contributed by atoms with van der Waals surface area (Å²) in [6.07, 6.45) is -2.57. The summed E-state index contributed by atoms with van der Waals surface area (Å²) in [6, 6.07) is 0.809. The highest BCUT2D eigenvalue weighted by Gasteiger charge is 2.64. The molecule has 1 N–H and O–H groups in total. The van der Waals surface area contributed by atoms with Crippen molar-refractivity contribution in [2.45, 2.75) is 25.6 Å². The van der Waals surface area contributed by atoms with Crippen LogP contribution in [-0.4, -0.2) is 50.9 Å². The van der Waals surface area contributed by atoms with E-state index in [-0.39, 0.29) is 6.54 Å². The minimum atomic E-state index is -4.90. The Hall–Kier alpha value is -2.06. The second-order valence-electron chi connectivity index (χ2n) is 5.06. The molecule has 1 amide bonds. The fourth-order valence-corrected chi connectivity index (χ4v) is 2.41. The lowest BCUT2D eigenvalue weighted by Gasteiger charge is -2.28. The summed E-state index contributed by atoms with van der Waals surface area (Å²) in [6.45, 7) is 0.399. The third-order valence-corrected chi connectivity index (χ3v) is 3.81. The van der Waals surface area contributed by atoms with Crippen molar-refractivity contribution in [2.24, 2.45) is 5.41 Å². The Balaban J connectivity index is 2.18. The molecule has 1 aliphatic heterocycles. The Labute approximate surface area is 118 Å². The van der Waals surface area contributed by atoms with E-state index in [4.69, 9.17) is 5.11 Å². The average molecular weight is 305 g/mol. The van der Waals surface area contributed by atoms with Gasteiger partial charge in [-0.25, -0.2) is 0 Å². The lowest BCUT2D eigenvalue weighted by Crippen LogP contribution is -2.48.